The van der Waals surface area contributed by atoms with Gasteiger partial charge in [-0.1, -0.05) is 0 Å². The van der Waals surface area contributed by atoms with Crippen molar-refractivity contribution in [3.8, 4) is 0 Å². The number of nitrogens with zero attached hydrogens (tertiary/aromatic N) is 2. The summed E-state index contributed by atoms with van der Waals surface area (Å²) < 4.78 is 5.52. The first-order valence-corrected chi connectivity index (χ1v) is 6.67. The fraction of sp³-hybridized carbons (Fsp3) is 0.643. The van der Waals surface area contributed by atoms with Crippen molar-refractivity contribution >= 4 is 5.82 Å². The molecule has 1 N–H and O–H groups in total. The summed E-state index contributed by atoms with van der Waals surface area (Å²) in [6.07, 6.45) is 1.08. The van der Waals surface area contributed by atoms with Crippen LogP contribution in [0, 0.1) is 13.8 Å². The Labute approximate surface area is 109 Å². The van der Waals surface area contributed by atoms with Gasteiger partial charge in [0.05, 0.1) is 6.61 Å². The molecule has 0 unspecified atom stereocenters. The van der Waals surface area contributed by atoms with Gasteiger partial charge < -0.3 is 15.0 Å². The number of hydrogen-bond acceptors (Lipinski definition) is 4. The lowest BCUT2D eigenvalue weighted by Gasteiger charge is -2.25. The molecule has 0 atom stereocenters. The van der Waals surface area contributed by atoms with Gasteiger partial charge in [0.1, 0.15) is 5.82 Å². The molecule has 1 aliphatic rings. The summed E-state index contributed by atoms with van der Waals surface area (Å²) in [6.45, 7) is 8.73. The molecule has 0 bridgehead atoms. The Morgan fingerprint density at radius 2 is 2.17 bits per heavy atom. The van der Waals surface area contributed by atoms with Crippen molar-refractivity contribution in [2.45, 2.75) is 26.8 Å². The predicted molar refractivity (Wildman–Crippen MR) is 74.1 cm³/mol. The van der Waals surface area contributed by atoms with Gasteiger partial charge >= 0.3 is 0 Å². The number of aryl methyl sites for hydroxylation is 2. The van der Waals surface area contributed by atoms with E-state index in [0.717, 1.165) is 50.8 Å². The summed E-state index contributed by atoms with van der Waals surface area (Å²) in [7, 11) is 1.98. The summed E-state index contributed by atoms with van der Waals surface area (Å²) in [5, 5.41) is 3.24. The van der Waals surface area contributed by atoms with Gasteiger partial charge in [0.25, 0.3) is 0 Å². The van der Waals surface area contributed by atoms with Crippen LogP contribution in [0.15, 0.2) is 6.07 Å². The van der Waals surface area contributed by atoms with Crippen molar-refractivity contribution in [3.05, 3.63) is 22.9 Å². The molecule has 1 saturated heterocycles. The van der Waals surface area contributed by atoms with Gasteiger partial charge in [0, 0.05) is 37.5 Å². The van der Waals surface area contributed by atoms with Crippen LogP contribution < -0.4 is 10.2 Å². The van der Waals surface area contributed by atoms with Crippen molar-refractivity contribution < 1.29 is 4.74 Å². The van der Waals surface area contributed by atoms with Crippen LogP contribution in [0.2, 0.25) is 0 Å². The molecule has 1 fully saturated rings. The first kappa shape index (κ1) is 13.3. The smallest absolute Gasteiger partial charge is 0.133 e. The predicted octanol–water partition coefficient (Wildman–Crippen LogP) is 1.64. The van der Waals surface area contributed by atoms with E-state index in [1.54, 1.807) is 0 Å². The number of ether oxygens (including phenoxy) is 1. The first-order chi connectivity index (χ1) is 8.72. The molecule has 0 aliphatic carbocycles. The van der Waals surface area contributed by atoms with Crippen molar-refractivity contribution in [3.63, 3.8) is 0 Å². The second-order valence-electron chi connectivity index (χ2n) is 4.87. The zero-order valence-electron chi connectivity index (χ0n) is 11.6. The van der Waals surface area contributed by atoms with Crippen LogP contribution in [0.4, 0.5) is 5.82 Å². The fourth-order valence-corrected chi connectivity index (χ4v) is 2.46. The lowest BCUT2D eigenvalue weighted by Crippen LogP contribution is -2.29. The van der Waals surface area contributed by atoms with Crippen LogP contribution in [-0.2, 0) is 11.3 Å². The summed E-state index contributed by atoms with van der Waals surface area (Å²) in [5.74, 6) is 1.13. The fourth-order valence-electron chi connectivity index (χ4n) is 2.46. The third-order valence-electron chi connectivity index (χ3n) is 3.33. The monoisotopic (exact) mass is 249 g/mol. The standard InChI is InChI=1S/C14H23N3O/c1-11-9-12(2)16-14(13(11)10-15-3)17-5-4-7-18-8-6-17/h9,15H,4-8,10H2,1-3H3. The van der Waals surface area contributed by atoms with Crippen molar-refractivity contribution in [2.24, 2.45) is 0 Å². The number of anilines is 1. The molecule has 0 radical (unpaired) electrons. The maximum atomic E-state index is 5.52. The highest BCUT2D eigenvalue weighted by atomic mass is 16.5. The molecule has 1 aromatic heterocycles. The van der Waals surface area contributed by atoms with Crippen LogP contribution in [0.25, 0.3) is 0 Å². The Bertz CT molecular complexity index is 398. The SMILES string of the molecule is CNCc1c(C)cc(C)nc1N1CCCOCC1. The average Bonchev–Trinajstić information content (AvgIpc) is 2.61. The summed E-state index contributed by atoms with van der Waals surface area (Å²) in [4.78, 5) is 7.11. The van der Waals surface area contributed by atoms with E-state index in [0.29, 0.717) is 0 Å². The summed E-state index contributed by atoms with van der Waals surface area (Å²) >= 11 is 0. The van der Waals surface area contributed by atoms with Gasteiger partial charge in [-0.05, 0) is 38.9 Å². The Balaban J connectivity index is 2.33. The van der Waals surface area contributed by atoms with Crippen LogP contribution in [0.5, 0.6) is 0 Å². The van der Waals surface area contributed by atoms with E-state index in [2.05, 4.69) is 30.1 Å². The Morgan fingerprint density at radius 1 is 1.33 bits per heavy atom. The summed E-state index contributed by atoms with van der Waals surface area (Å²) in [5.41, 5.74) is 3.72. The van der Waals surface area contributed by atoms with Gasteiger partial charge in [-0.3, -0.25) is 0 Å². The number of rotatable bonds is 3. The molecule has 4 heteroatoms. The number of hydrogen-bond donors (Lipinski definition) is 1. The lowest BCUT2D eigenvalue weighted by molar-refractivity contribution is 0.152. The highest BCUT2D eigenvalue weighted by molar-refractivity contribution is 5.51. The van der Waals surface area contributed by atoms with Gasteiger partial charge in [-0.15, -0.1) is 0 Å². The first-order valence-electron chi connectivity index (χ1n) is 6.67. The van der Waals surface area contributed by atoms with Gasteiger partial charge in [0.15, 0.2) is 0 Å². The van der Waals surface area contributed by atoms with E-state index in [9.17, 15) is 0 Å². The van der Waals surface area contributed by atoms with Crippen LogP contribution in [-0.4, -0.2) is 38.3 Å². The van der Waals surface area contributed by atoms with E-state index in [4.69, 9.17) is 9.72 Å². The van der Waals surface area contributed by atoms with Crippen LogP contribution in [0.3, 0.4) is 0 Å². The van der Waals surface area contributed by atoms with Crippen molar-refractivity contribution in [1.29, 1.82) is 0 Å². The maximum absolute atomic E-state index is 5.52. The van der Waals surface area contributed by atoms with E-state index in [-0.39, 0.29) is 0 Å². The van der Waals surface area contributed by atoms with Gasteiger partial charge in [-0.25, -0.2) is 4.98 Å². The number of nitrogens with one attached hydrogen (secondary N) is 1. The van der Waals surface area contributed by atoms with Gasteiger partial charge in [-0.2, -0.15) is 0 Å². The average molecular weight is 249 g/mol. The van der Waals surface area contributed by atoms with E-state index >= 15 is 0 Å². The molecule has 1 aliphatic heterocycles. The van der Waals surface area contributed by atoms with Crippen molar-refractivity contribution in [2.75, 3.05) is 38.3 Å². The van der Waals surface area contributed by atoms with Crippen LogP contribution >= 0.6 is 0 Å². The molecule has 2 heterocycles. The molecule has 100 valence electrons. The third kappa shape index (κ3) is 3.00. The van der Waals surface area contributed by atoms with E-state index in [1.807, 2.05) is 7.05 Å². The molecule has 0 aromatic carbocycles. The van der Waals surface area contributed by atoms with E-state index < -0.39 is 0 Å². The molecule has 0 amide bonds. The second kappa shape index (κ2) is 6.16. The Hall–Kier alpha value is -1.13. The molecule has 4 nitrogen and oxygen atoms in total. The molecular formula is C14H23N3O. The molecule has 0 spiro atoms. The van der Waals surface area contributed by atoms with Crippen LogP contribution in [0.1, 0.15) is 23.2 Å². The third-order valence-corrected chi connectivity index (χ3v) is 3.33. The molecular weight excluding hydrogens is 226 g/mol. The highest BCUT2D eigenvalue weighted by Crippen LogP contribution is 2.23. The molecule has 18 heavy (non-hydrogen) atoms. The minimum absolute atomic E-state index is 0.799. The zero-order chi connectivity index (χ0) is 13.0. The second-order valence-corrected chi connectivity index (χ2v) is 4.87. The van der Waals surface area contributed by atoms with Gasteiger partial charge in [0.2, 0.25) is 0 Å². The largest absolute Gasteiger partial charge is 0.380 e. The van der Waals surface area contributed by atoms with E-state index in [1.165, 1.54) is 11.1 Å². The molecule has 2 rings (SSSR count). The Kier molecular flexibility index (Phi) is 4.55. The maximum Gasteiger partial charge on any atom is 0.133 e. The molecule has 0 saturated carbocycles. The number of pyridine rings is 1. The minimum atomic E-state index is 0.799. The lowest BCUT2D eigenvalue weighted by atomic mass is 10.1. The zero-order valence-corrected chi connectivity index (χ0v) is 11.6. The topological polar surface area (TPSA) is 37.4 Å². The highest BCUT2D eigenvalue weighted by Gasteiger charge is 2.16. The molecule has 1 aromatic rings. The van der Waals surface area contributed by atoms with Crippen molar-refractivity contribution in [1.82, 2.24) is 10.3 Å². The summed E-state index contributed by atoms with van der Waals surface area (Å²) in [6, 6.07) is 2.16. The minimum Gasteiger partial charge on any atom is -0.380 e. The quantitative estimate of drug-likeness (QED) is 0.884. The Morgan fingerprint density at radius 3 is 2.94 bits per heavy atom. The number of aromatic nitrogens is 1. The normalized spacial score (nSPS) is 16.7.